The van der Waals surface area contributed by atoms with Gasteiger partial charge in [0.2, 0.25) is 0 Å². The van der Waals surface area contributed by atoms with Gasteiger partial charge in [0.1, 0.15) is 0 Å². The molecule has 6 aromatic rings. The topological polar surface area (TPSA) is 0 Å². The molecule has 0 fully saturated rings. The van der Waals surface area contributed by atoms with E-state index in [9.17, 15) is 0 Å². The van der Waals surface area contributed by atoms with Crippen molar-refractivity contribution in [1.82, 2.24) is 0 Å². The smallest absolute Gasteiger partial charge is 0.00206 e. The Labute approximate surface area is 158 Å². The molecule has 0 N–H and O–H groups in total. The highest BCUT2D eigenvalue weighted by molar-refractivity contribution is 6.25. The van der Waals surface area contributed by atoms with E-state index >= 15 is 0 Å². The van der Waals surface area contributed by atoms with Crippen molar-refractivity contribution < 1.29 is 0 Å². The molecule has 0 aliphatic heterocycles. The summed E-state index contributed by atoms with van der Waals surface area (Å²) in [6, 6.07) is 33.6. The molecule has 126 valence electrons. The predicted octanol–water partition coefficient (Wildman–Crippen LogP) is 7.71. The largest absolute Gasteiger partial charge is 0.0610 e. The van der Waals surface area contributed by atoms with Crippen molar-refractivity contribution in [3.63, 3.8) is 0 Å². The molecule has 0 aromatic heterocycles. The highest BCUT2D eigenvalue weighted by Crippen LogP contribution is 2.39. The first kappa shape index (κ1) is 14.8. The van der Waals surface area contributed by atoms with Crippen LogP contribution in [0.3, 0.4) is 0 Å². The molecule has 0 spiro atoms. The first-order valence-corrected chi connectivity index (χ1v) is 9.45. The van der Waals surface area contributed by atoms with Crippen molar-refractivity contribution in [3.8, 4) is 11.1 Å². The Morgan fingerprint density at radius 3 is 1.96 bits per heavy atom. The van der Waals surface area contributed by atoms with Crippen molar-refractivity contribution in [3.05, 3.63) is 96.6 Å². The lowest BCUT2D eigenvalue weighted by Gasteiger charge is -2.14. The first-order valence-electron chi connectivity index (χ1n) is 9.45. The lowest BCUT2D eigenvalue weighted by atomic mass is 9.89. The van der Waals surface area contributed by atoms with E-state index < -0.39 is 0 Å². The molecule has 0 radical (unpaired) electrons. The average Bonchev–Trinajstić information content (AvgIpc) is 2.71. The summed E-state index contributed by atoms with van der Waals surface area (Å²) in [5, 5.41) is 10.6. The third kappa shape index (κ3) is 2.10. The second-order valence-corrected chi connectivity index (χ2v) is 7.53. The SMILES string of the molecule is Cc1ccc2cc(-c3ccc4ccc5cccc6ccc3c4c56)ccc2c1. The van der Waals surface area contributed by atoms with Gasteiger partial charge in [-0.05, 0) is 67.2 Å². The van der Waals surface area contributed by atoms with Crippen LogP contribution < -0.4 is 0 Å². The summed E-state index contributed by atoms with van der Waals surface area (Å²) in [6.07, 6.45) is 0. The summed E-state index contributed by atoms with van der Waals surface area (Å²) in [4.78, 5) is 0. The summed E-state index contributed by atoms with van der Waals surface area (Å²) >= 11 is 0. The molecular formula is C27H18. The molecule has 0 aliphatic rings. The van der Waals surface area contributed by atoms with Crippen LogP contribution in [0.25, 0.3) is 54.2 Å². The maximum absolute atomic E-state index is 2.32. The summed E-state index contributed by atoms with van der Waals surface area (Å²) in [5.41, 5.74) is 3.89. The number of aryl methyl sites for hydroxylation is 1. The normalized spacial score (nSPS) is 11.9. The maximum Gasteiger partial charge on any atom is -0.00206 e. The molecular weight excluding hydrogens is 324 g/mol. The van der Waals surface area contributed by atoms with Crippen molar-refractivity contribution in [2.45, 2.75) is 6.92 Å². The quantitative estimate of drug-likeness (QED) is 0.268. The number of hydrogen-bond donors (Lipinski definition) is 0. The first-order chi connectivity index (χ1) is 13.3. The highest BCUT2D eigenvalue weighted by Gasteiger charge is 2.12. The molecule has 6 aromatic carbocycles. The van der Waals surface area contributed by atoms with Crippen LogP contribution in [0, 0.1) is 6.92 Å². The van der Waals surface area contributed by atoms with Gasteiger partial charge in [-0.2, -0.15) is 0 Å². The van der Waals surface area contributed by atoms with Crippen LogP contribution in [0.15, 0.2) is 91.0 Å². The Balaban J connectivity index is 1.71. The van der Waals surface area contributed by atoms with E-state index in [-0.39, 0.29) is 0 Å². The summed E-state index contributed by atoms with van der Waals surface area (Å²) in [7, 11) is 0. The fourth-order valence-corrected chi connectivity index (χ4v) is 4.52. The van der Waals surface area contributed by atoms with Gasteiger partial charge in [-0.3, -0.25) is 0 Å². The van der Waals surface area contributed by atoms with E-state index in [1.54, 1.807) is 0 Å². The molecule has 0 heterocycles. The molecule has 0 bridgehead atoms. The zero-order valence-electron chi connectivity index (χ0n) is 15.2. The van der Waals surface area contributed by atoms with Gasteiger partial charge in [-0.1, -0.05) is 90.5 Å². The predicted molar refractivity (Wildman–Crippen MR) is 118 cm³/mol. The van der Waals surface area contributed by atoms with E-state index in [4.69, 9.17) is 0 Å². The van der Waals surface area contributed by atoms with E-state index in [1.807, 2.05) is 0 Å². The molecule has 0 nitrogen and oxygen atoms in total. The zero-order valence-corrected chi connectivity index (χ0v) is 15.2. The highest BCUT2D eigenvalue weighted by atomic mass is 14.1. The number of benzene rings is 6. The van der Waals surface area contributed by atoms with Crippen LogP contribution in [-0.2, 0) is 0 Å². The molecule has 0 saturated heterocycles. The number of rotatable bonds is 1. The zero-order chi connectivity index (χ0) is 18.0. The van der Waals surface area contributed by atoms with E-state index in [0.717, 1.165) is 0 Å². The third-order valence-electron chi connectivity index (χ3n) is 5.84. The summed E-state index contributed by atoms with van der Waals surface area (Å²) in [6.45, 7) is 2.15. The van der Waals surface area contributed by atoms with Crippen molar-refractivity contribution in [2.75, 3.05) is 0 Å². The van der Waals surface area contributed by atoms with Gasteiger partial charge in [0.05, 0.1) is 0 Å². The Morgan fingerprint density at radius 1 is 0.481 bits per heavy atom. The number of fused-ring (bicyclic) bond motifs is 1. The Kier molecular flexibility index (Phi) is 2.90. The van der Waals surface area contributed by atoms with Crippen LogP contribution in [0.2, 0.25) is 0 Å². The van der Waals surface area contributed by atoms with Gasteiger partial charge < -0.3 is 0 Å². The van der Waals surface area contributed by atoms with Crippen LogP contribution in [-0.4, -0.2) is 0 Å². The average molecular weight is 342 g/mol. The maximum atomic E-state index is 2.32. The molecule has 27 heavy (non-hydrogen) atoms. The van der Waals surface area contributed by atoms with Gasteiger partial charge in [-0.25, -0.2) is 0 Å². The molecule has 0 saturated carbocycles. The monoisotopic (exact) mass is 342 g/mol. The molecule has 0 unspecified atom stereocenters. The second-order valence-electron chi connectivity index (χ2n) is 7.53. The van der Waals surface area contributed by atoms with Crippen molar-refractivity contribution in [2.24, 2.45) is 0 Å². The van der Waals surface area contributed by atoms with Gasteiger partial charge in [0.25, 0.3) is 0 Å². The van der Waals surface area contributed by atoms with Gasteiger partial charge in [-0.15, -0.1) is 0 Å². The van der Waals surface area contributed by atoms with Gasteiger partial charge in [0, 0.05) is 0 Å². The Bertz CT molecular complexity index is 1450. The van der Waals surface area contributed by atoms with Crippen LogP contribution in [0.5, 0.6) is 0 Å². The minimum Gasteiger partial charge on any atom is -0.0610 e. The Hall–Kier alpha value is -3.38. The lowest BCUT2D eigenvalue weighted by Crippen LogP contribution is -1.87. The van der Waals surface area contributed by atoms with Crippen LogP contribution in [0.1, 0.15) is 5.56 Å². The van der Waals surface area contributed by atoms with E-state index in [2.05, 4.69) is 97.9 Å². The fraction of sp³-hybridized carbons (Fsp3) is 0.0370. The molecule has 0 heteroatoms. The number of hydrogen-bond acceptors (Lipinski definition) is 0. The summed E-state index contributed by atoms with van der Waals surface area (Å²) < 4.78 is 0. The molecule has 6 rings (SSSR count). The van der Waals surface area contributed by atoms with E-state index in [1.165, 1.54) is 59.8 Å². The van der Waals surface area contributed by atoms with Crippen molar-refractivity contribution >= 4 is 43.1 Å². The van der Waals surface area contributed by atoms with Crippen LogP contribution in [0.4, 0.5) is 0 Å². The molecule has 0 atom stereocenters. The summed E-state index contributed by atoms with van der Waals surface area (Å²) in [5.74, 6) is 0. The lowest BCUT2D eigenvalue weighted by molar-refractivity contribution is 1.51. The van der Waals surface area contributed by atoms with Crippen LogP contribution >= 0.6 is 0 Å². The molecule has 0 aliphatic carbocycles. The van der Waals surface area contributed by atoms with E-state index in [0.29, 0.717) is 0 Å². The van der Waals surface area contributed by atoms with Gasteiger partial charge >= 0.3 is 0 Å². The van der Waals surface area contributed by atoms with Gasteiger partial charge in [0.15, 0.2) is 0 Å². The fourth-order valence-electron chi connectivity index (χ4n) is 4.52. The standard InChI is InChI=1S/C27H18/c1-17-5-6-22-16-23(10-9-21(22)15-17)24-13-11-20-8-7-18-3-2-4-19-12-14-25(24)27(20)26(18)19/h2-16H,1H3. The second kappa shape index (κ2) is 5.31. The minimum atomic E-state index is 1.28. The Morgan fingerprint density at radius 2 is 1.11 bits per heavy atom. The third-order valence-corrected chi connectivity index (χ3v) is 5.84. The molecule has 0 amide bonds. The minimum absolute atomic E-state index is 1.28. The van der Waals surface area contributed by atoms with Crippen molar-refractivity contribution in [1.29, 1.82) is 0 Å².